The van der Waals surface area contributed by atoms with Gasteiger partial charge in [-0.3, -0.25) is 10.1 Å². The van der Waals surface area contributed by atoms with E-state index >= 15 is 0 Å². The summed E-state index contributed by atoms with van der Waals surface area (Å²) in [4.78, 5) is 22.0. The van der Waals surface area contributed by atoms with Gasteiger partial charge in [0.1, 0.15) is 5.75 Å². The van der Waals surface area contributed by atoms with Crippen molar-refractivity contribution in [1.29, 1.82) is 0 Å². The second kappa shape index (κ2) is 6.07. The molecular formula is C18H21NO5. The maximum Gasteiger partial charge on any atom is 0.513 e. The van der Waals surface area contributed by atoms with Crippen LogP contribution in [0.2, 0.25) is 0 Å². The van der Waals surface area contributed by atoms with Crippen molar-refractivity contribution in [1.82, 2.24) is 0 Å². The highest BCUT2D eigenvalue weighted by molar-refractivity contribution is 5.64. The number of non-ortho nitro benzene ring substituents is 1. The molecule has 3 aliphatic rings. The molecule has 0 aliphatic heterocycles. The number of fused-ring (bicyclic) bond motifs is 2. The third kappa shape index (κ3) is 2.85. The first-order valence-electron chi connectivity index (χ1n) is 8.72. The highest BCUT2D eigenvalue weighted by atomic mass is 16.7. The molecule has 0 amide bonds. The minimum Gasteiger partial charge on any atom is -0.434 e. The predicted molar refractivity (Wildman–Crippen MR) is 85.6 cm³/mol. The van der Waals surface area contributed by atoms with Crippen LogP contribution in [0.1, 0.15) is 32.1 Å². The molecule has 0 heterocycles. The summed E-state index contributed by atoms with van der Waals surface area (Å²) in [7, 11) is 0. The van der Waals surface area contributed by atoms with Gasteiger partial charge in [0.2, 0.25) is 0 Å². The molecule has 5 unspecified atom stereocenters. The van der Waals surface area contributed by atoms with Crippen molar-refractivity contribution in [3.05, 3.63) is 34.4 Å². The van der Waals surface area contributed by atoms with E-state index in [1.165, 1.54) is 56.4 Å². The molecule has 1 aromatic carbocycles. The van der Waals surface area contributed by atoms with E-state index < -0.39 is 11.1 Å². The lowest BCUT2D eigenvalue weighted by Crippen LogP contribution is -2.28. The van der Waals surface area contributed by atoms with Crippen molar-refractivity contribution >= 4 is 11.8 Å². The van der Waals surface area contributed by atoms with Crippen molar-refractivity contribution in [2.75, 3.05) is 6.61 Å². The van der Waals surface area contributed by atoms with Gasteiger partial charge in [-0.2, -0.15) is 0 Å². The van der Waals surface area contributed by atoms with Gasteiger partial charge in [-0.1, -0.05) is 12.8 Å². The molecule has 3 saturated carbocycles. The molecule has 3 aliphatic carbocycles. The average Bonchev–Trinajstić information content (AvgIpc) is 3.26. The Hall–Kier alpha value is -2.11. The second-order valence-corrected chi connectivity index (χ2v) is 7.25. The molecule has 2 bridgehead atoms. The molecule has 24 heavy (non-hydrogen) atoms. The Balaban J connectivity index is 1.31. The number of carbonyl (C=O) groups is 1. The Morgan fingerprint density at radius 1 is 1.12 bits per heavy atom. The SMILES string of the molecule is O=C(OCC1C2CCCC3C(CC2)C13)Oc1ccc([N+](=O)[O-])cc1. The summed E-state index contributed by atoms with van der Waals surface area (Å²) in [6.07, 6.45) is 5.81. The van der Waals surface area contributed by atoms with Crippen molar-refractivity contribution < 1.29 is 19.2 Å². The van der Waals surface area contributed by atoms with Crippen molar-refractivity contribution in [3.8, 4) is 5.75 Å². The minimum absolute atomic E-state index is 0.0371. The molecule has 6 nitrogen and oxygen atoms in total. The summed E-state index contributed by atoms with van der Waals surface area (Å²) in [6.45, 7) is 0.439. The zero-order chi connectivity index (χ0) is 16.7. The van der Waals surface area contributed by atoms with Crippen LogP contribution in [0.3, 0.4) is 0 Å². The highest BCUT2D eigenvalue weighted by Crippen LogP contribution is 2.64. The lowest BCUT2D eigenvalue weighted by Gasteiger charge is -2.30. The average molecular weight is 331 g/mol. The van der Waals surface area contributed by atoms with Crippen LogP contribution in [-0.2, 0) is 4.74 Å². The van der Waals surface area contributed by atoms with E-state index in [-0.39, 0.29) is 11.4 Å². The first-order valence-corrected chi connectivity index (χ1v) is 8.72. The fraction of sp³-hybridized carbons (Fsp3) is 0.611. The summed E-state index contributed by atoms with van der Waals surface area (Å²) >= 11 is 0. The molecule has 1 aromatic rings. The zero-order valence-corrected chi connectivity index (χ0v) is 13.4. The van der Waals surface area contributed by atoms with Gasteiger partial charge < -0.3 is 9.47 Å². The number of ether oxygens (including phenoxy) is 2. The number of nitro benzene ring substituents is 1. The largest absolute Gasteiger partial charge is 0.513 e. The van der Waals surface area contributed by atoms with E-state index in [2.05, 4.69) is 0 Å². The molecule has 3 fully saturated rings. The fourth-order valence-corrected chi connectivity index (χ4v) is 5.00. The first-order chi connectivity index (χ1) is 11.6. The Morgan fingerprint density at radius 3 is 2.62 bits per heavy atom. The van der Waals surface area contributed by atoms with Crippen LogP contribution >= 0.6 is 0 Å². The molecule has 5 atom stereocenters. The van der Waals surface area contributed by atoms with Gasteiger partial charge in [-0.15, -0.1) is 0 Å². The number of hydrogen-bond donors (Lipinski definition) is 0. The minimum atomic E-state index is -0.721. The van der Waals surface area contributed by atoms with Crippen molar-refractivity contribution in [3.63, 3.8) is 0 Å². The molecule has 0 aromatic heterocycles. The quantitative estimate of drug-likeness (QED) is 0.358. The van der Waals surface area contributed by atoms with Gasteiger partial charge in [0.25, 0.3) is 5.69 Å². The fourth-order valence-electron chi connectivity index (χ4n) is 5.00. The Labute approximate surface area is 140 Å². The van der Waals surface area contributed by atoms with Crippen LogP contribution in [0.4, 0.5) is 10.5 Å². The maximum atomic E-state index is 11.9. The number of nitro groups is 1. The smallest absolute Gasteiger partial charge is 0.434 e. The lowest BCUT2D eigenvalue weighted by atomic mass is 9.77. The Bertz CT molecular complexity index is 639. The normalized spacial score (nSPS) is 33.2. The van der Waals surface area contributed by atoms with E-state index in [4.69, 9.17) is 9.47 Å². The molecule has 0 radical (unpaired) electrons. The van der Waals surface area contributed by atoms with Gasteiger partial charge in [0, 0.05) is 12.1 Å². The molecule has 6 heteroatoms. The molecule has 0 N–H and O–H groups in total. The number of hydrogen-bond acceptors (Lipinski definition) is 5. The summed E-state index contributed by atoms with van der Waals surface area (Å²) in [5.41, 5.74) is -0.0371. The van der Waals surface area contributed by atoms with Crippen LogP contribution in [0.25, 0.3) is 0 Å². The summed E-state index contributed by atoms with van der Waals surface area (Å²) in [5, 5.41) is 10.6. The van der Waals surface area contributed by atoms with E-state index in [1.807, 2.05) is 0 Å². The topological polar surface area (TPSA) is 78.7 Å². The third-order valence-corrected chi connectivity index (χ3v) is 6.12. The number of carbonyl (C=O) groups excluding carboxylic acids is 1. The second-order valence-electron chi connectivity index (χ2n) is 7.25. The summed E-state index contributed by atoms with van der Waals surface area (Å²) in [6, 6.07) is 5.43. The molecule has 4 rings (SSSR count). The predicted octanol–water partition coefficient (Wildman–Crippen LogP) is 4.18. The Morgan fingerprint density at radius 2 is 1.88 bits per heavy atom. The van der Waals surface area contributed by atoms with Crippen LogP contribution in [0, 0.1) is 39.7 Å². The third-order valence-electron chi connectivity index (χ3n) is 6.12. The standard InChI is InChI=1S/C18H21NO5/c20-18(24-13-7-5-12(6-8-13)19(21)22)23-10-16-11-2-1-3-14-15(9-4-11)17(14)16/h5-8,11,14-17H,1-4,9-10H2. The van der Waals surface area contributed by atoms with Crippen LogP contribution in [0.5, 0.6) is 5.75 Å². The highest BCUT2D eigenvalue weighted by Gasteiger charge is 2.58. The van der Waals surface area contributed by atoms with Gasteiger partial charge in [-0.05, 0) is 61.0 Å². The van der Waals surface area contributed by atoms with E-state index in [0.717, 1.165) is 17.8 Å². The van der Waals surface area contributed by atoms with Gasteiger partial charge in [0.15, 0.2) is 0 Å². The first kappa shape index (κ1) is 15.4. The number of rotatable bonds is 4. The maximum absolute atomic E-state index is 11.9. The summed E-state index contributed by atoms with van der Waals surface area (Å²) in [5.74, 6) is 3.90. The molecule has 0 spiro atoms. The molecule has 128 valence electrons. The lowest BCUT2D eigenvalue weighted by molar-refractivity contribution is -0.384. The summed E-state index contributed by atoms with van der Waals surface area (Å²) < 4.78 is 10.5. The Kier molecular flexibility index (Phi) is 3.90. The van der Waals surface area contributed by atoms with E-state index in [1.54, 1.807) is 0 Å². The van der Waals surface area contributed by atoms with Crippen LogP contribution in [0.15, 0.2) is 24.3 Å². The zero-order valence-electron chi connectivity index (χ0n) is 13.4. The van der Waals surface area contributed by atoms with E-state index in [9.17, 15) is 14.9 Å². The number of nitrogens with zero attached hydrogens (tertiary/aromatic N) is 1. The van der Waals surface area contributed by atoms with Gasteiger partial charge in [-0.25, -0.2) is 4.79 Å². The van der Waals surface area contributed by atoms with Gasteiger partial charge in [0.05, 0.1) is 11.5 Å². The van der Waals surface area contributed by atoms with Crippen molar-refractivity contribution in [2.24, 2.45) is 29.6 Å². The monoisotopic (exact) mass is 331 g/mol. The van der Waals surface area contributed by atoms with E-state index in [0.29, 0.717) is 18.4 Å². The molecular weight excluding hydrogens is 310 g/mol. The van der Waals surface area contributed by atoms with Crippen LogP contribution < -0.4 is 4.74 Å². The number of benzene rings is 1. The van der Waals surface area contributed by atoms with Crippen LogP contribution in [-0.4, -0.2) is 17.7 Å². The van der Waals surface area contributed by atoms with Crippen molar-refractivity contribution in [2.45, 2.75) is 32.1 Å². The molecule has 0 saturated heterocycles. The van der Waals surface area contributed by atoms with Gasteiger partial charge >= 0.3 is 6.16 Å².